The Balaban J connectivity index is 1.52. The maximum absolute atomic E-state index is 10.5. The van der Waals surface area contributed by atoms with Gasteiger partial charge in [0.2, 0.25) is 5.95 Å². The second-order valence-corrected chi connectivity index (χ2v) is 9.48. The summed E-state index contributed by atoms with van der Waals surface area (Å²) in [6.45, 7) is 2.62. The van der Waals surface area contributed by atoms with Gasteiger partial charge in [-0.05, 0) is 38.2 Å². The molecule has 31 heavy (non-hydrogen) atoms. The average Bonchev–Trinajstić information content (AvgIpc) is 3.43. The monoisotopic (exact) mass is 442 g/mol. The van der Waals surface area contributed by atoms with Crippen LogP contribution >= 0.6 is 11.3 Å². The first kappa shape index (κ1) is 20.5. The summed E-state index contributed by atoms with van der Waals surface area (Å²) in [7, 11) is 0. The lowest BCUT2D eigenvalue weighted by Crippen LogP contribution is -2.38. The molecule has 164 valence electrons. The van der Waals surface area contributed by atoms with E-state index in [1.165, 1.54) is 24.2 Å². The van der Waals surface area contributed by atoms with Gasteiger partial charge in [-0.25, -0.2) is 9.97 Å². The van der Waals surface area contributed by atoms with Gasteiger partial charge in [-0.3, -0.25) is 4.98 Å². The van der Waals surface area contributed by atoms with Crippen LogP contribution in [0.25, 0.3) is 20.8 Å². The normalized spacial score (nSPS) is 25.8. The first-order valence-corrected chi connectivity index (χ1v) is 11.4. The van der Waals surface area contributed by atoms with Crippen LogP contribution in [0.4, 0.5) is 11.8 Å². The van der Waals surface area contributed by atoms with E-state index in [-0.39, 0.29) is 12.5 Å². The number of nitrogens with zero attached hydrogens (tertiary/aromatic N) is 4. The zero-order valence-corrected chi connectivity index (χ0v) is 18.0. The van der Waals surface area contributed by atoms with Crippen LogP contribution in [0.15, 0.2) is 18.5 Å². The summed E-state index contributed by atoms with van der Waals surface area (Å²) >= 11 is 1.53. The Hall–Kier alpha value is -2.40. The van der Waals surface area contributed by atoms with Crippen molar-refractivity contribution in [2.24, 2.45) is 11.8 Å². The Morgan fingerprint density at radius 3 is 2.77 bits per heavy atom. The van der Waals surface area contributed by atoms with Crippen molar-refractivity contribution in [1.29, 1.82) is 0 Å². The fourth-order valence-corrected chi connectivity index (χ4v) is 5.08. The highest BCUT2D eigenvalue weighted by atomic mass is 32.1. The van der Waals surface area contributed by atoms with Crippen molar-refractivity contribution in [1.82, 2.24) is 19.9 Å². The summed E-state index contributed by atoms with van der Waals surface area (Å²) in [5.74, 6) is 1.42. The van der Waals surface area contributed by atoms with Gasteiger partial charge in [0.25, 0.3) is 0 Å². The van der Waals surface area contributed by atoms with E-state index < -0.39 is 18.2 Å². The molecule has 0 spiro atoms. The van der Waals surface area contributed by atoms with E-state index in [4.69, 9.17) is 4.98 Å². The van der Waals surface area contributed by atoms with Crippen LogP contribution in [0.5, 0.6) is 0 Å². The third-order valence-corrected chi connectivity index (χ3v) is 7.16. The number of hydrogen-bond donors (Lipinski definition) is 5. The van der Waals surface area contributed by atoms with Crippen LogP contribution < -0.4 is 10.6 Å². The lowest BCUT2D eigenvalue weighted by molar-refractivity contribution is 0.0390. The smallest absolute Gasteiger partial charge is 0.224 e. The predicted octanol–water partition coefficient (Wildman–Crippen LogP) is 1.79. The SMILES string of the molecule is Cc1nccc2sc(-c3cnc(NCC4CC4)nc3N[C@@H]3[C@H](CO)C[C@@H](O)[C@H]3O)nc12. The largest absolute Gasteiger partial charge is 0.396 e. The summed E-state index contributed by atoms with van der Waals surface area (Å²) < 4.78 is 1.02. The van der Waals surface area contributed by atoms with Crippen molar-refractivity contribution < 1.29 is 15.3 Å². The highest BCUT2D eigenvalue weighted by Gasteiger charge is 2.41. The van der Waals surface area contributed by atoms with Crippen molar-refractivity contribution in [2.45, 2.75) is 44.4 Å². The number of nitrogens with one attached hydrogen (secondary N) is 2. The molecule has 5 N–H and O–H groups in total. The van der Waals surface area contributed by atoms with E-state index in [0.29, 0.717) is 29.7 Å². The molecule has 9 nitrogen and oxygen atoms in total. The van der Waals surface area contributed by atoms with Crippen molar-refractivity contribution in [3.8, 4) is 10.6 Å². The molecule has 3 heterocycles. The maximum Gasteiger partial charge on any atom is 0.224 e. The number of aliphatic hydroxyl groups excluding tert-OH is 3. The van der Waals surface area contributed by atoms with E-state index >= 15 is 0 Å². The Kier molecular flexibility index (Phi) is 5.47. The van der Waals surface area contributed by atoms with Gasteiger partial charge in [-0.15, -0.1) is 11.3 Å². The zero-order valence-electron chi connectivity index (χ0n) is 17.2. The van der Waals surface area contributed by atoms with E-state index in [2.05, 4.69) is 25.6 Å². The number of aliphatic hydroxyl groups is 3. The fourth-order valence-electron chi connectivity index (χ4n) is 4.05. The minimum atomic E-state index is -0.996. The van der Waals surface area contributed by atoms with Gasteiger partial charge in [0.1, 0.15) is 22.4 Å². The third kappa shape index (κ3) is 4.08. The Morgan fingerprint density at radius 1 is 1.19 bits per heavy atom. The van der Waals surface area contributed by atoms with Crippen LogP contribution in [-0.4, -0.2) is 66.7 Å². The van der Waals surface area contributed by atoms with Crippen LogP contribution in [0, 0.1) is 18.8 Å². The Labute approximate surface area is 183 Å². The molecule has 2 aliphatic rings. The second-order valence-electron chi connectivity index (χ2n) is 8.45. The van der Waals surface area contributed by atoms with Gasteiger partial charge in [-0.1, -0.05) is 0 Å². The van der Waals surface area contributed by atoms with Gasteiger partial charge < -0.3 is 26.0 Å². The van der Waals surface area contributed by atoms with E-state index in [1.54, 1.807) is 12.4 Å². The minimum Gasteiger partial charge on any atom is -0.396 e. The summed E-state index contributed by atoms with van der Waals surface area (Å²) in [5, 5.41) is 37.6. The van der Waals surface area contributed by atoms with Crippen LogP contribution in [0.3, 0.4) is 0 Å². The molecule has 3 aromatic heterocycles. The number of thiazole rings is 1. The van der Waals surface area contributed by atoms with Crippen LogP contribution in [0.2, 0.25) is 0 Å². The molecule has 0 bridgehead atoms. The summed E-state index contributed by atoms with van der Waals surface area (Å²) in [6.07, 6.45) is 4.39. The lowest BCUT2D eigenvalue weighted by Gasteiger charge is -2.24. The number of aromatic nitrogens is 4. The molecule has 0 saturated heterocycles. The number of rotatable bonds is 7. The first-order chi connectivity index (χ1) is 15.0. The quantitative estimate of drug-likeness (QED) is 0.371. The van der Waals surface area contributed by atoms with Gasteiger partial charge in [0, 0.05) is 31.5 Å². The number of fused-ring (bicyclic) bond motifs is 1. The minimum absolute atomic E-state index is 0.134. The molecule has 0 aliphatic heterocycles. The van der Waals surface area contributed by atoms with E-state index in [0.717, 1.165) is 27.5 Å². The fraction of sp³-hybridized carbons (Fsp3) is 0.524. The van der Waals surface area contributed by atoms with Gasteiger partial charge in [0.05, 0.1) is 28.1 Å². The highest BCUT2D eigenvalue weighted by molar-refractivity contribution is 7.21. The molecule has 0 radical (unpaired) electrons. The predicted molar refractivity (Wildman–Crippen MR) is 119 cm³/mol. The number of hydrogen-bond acceptors (Lipinski definition) is 10. The van der Waals surface area contributed by atoms with Gasteiger partial charge >= 0.3 is 0 Å². The van der Waals surface area contributed by atoms with Crippen LogP contribution in [0.1, 0.15) is 25.0 Å². The molecule has 0 amide bonds. The molecule has 2 saturated carbocycles. The lowest BCUT2D eigenvalue weighted by atomic mass is 10.0. The summed E-state index contributed by atoms with van der Waals surface area (Å²) in [6, 6.07) is 1.41. The molecular weight excluding hydrogens is 416 g/mol. The van der Waals surface area contributed by atoms with Crippen molar-refractivity contribution >= 4 is 33.3 Å². The van der Waals surface area contributed by atoms with Crippen molar-refractivity contribution in [3.63, 3.8) is 0 Å². The summed E-state index contributed by atoms with van der Waals surface area (Å²) in [4.78, 5) is 18.2. The number of aryl methyl sites for hydroxylation is 1. The maximum atomic E-state index is 10.5. The molecule has 2 aliphatic carbocycles. The molecule has 10 heteroatoms. The van der Waals surface area contributed by atoms with E-state index in [9.17, 15) is 15.3 Å². The molecule has 5 rings (SSSR count). The summed E-state index contributed by atoms with van der Waals surface area (Å²) in [5.41, 5.74) is 2.41. The van der Waals surface area contributed by atoms with Crippen LogP contribution in [-0.2, 0) is 0 Å². The molecule has 0 unspecified atom stereocenters. The first-order valence-electron chi connectivity index (χ1n) is 10.6. The Morgan fingerprint density at radius 2 is 2.03 bits per heavy atom. The van der Waals surface area contributed by atoms with Gasteiger partial charge in [-0.2, -0.15) is 4.98 Å². The third-order valence-electron chi connectivity index (χ3n) is 6.11. The standard InChI is InChI=1S/C21H26N6O3S/c1-10-16-15(4-5-22-10)31-20(26-16)13-8-24-21(23-7-11-2-3-11)27-19(13)25-17-12(9-28)6-14(29)18(17)30/h4-5,8,11-12,14,17-18,28-30H,2-3,6-7,9H2,1H3,(H2,23,24,25,27)/t12-,14+,17+,18+/m0/s1. The number of pyridine rings is 1. The molecule has 3 aromatic rings. The average molecular weight is 443 g/mol. The highest BCUT2D eigenvalue weighted by Crippen LogP contribution is 2.37. The number of anilines is 2. The van der Waals surface area contributed by atoms with E-state index in [1.807, 2.05) is 13.0 Å². The van der Waals surface area contributed by atoms with Gasteiger partial charge in [0.15, 0.2) is 0 Å². The topological polar surface area (TPSA) is 136 Å². The van der Waals surface area contributed by atoms with Crippen molar-refractivity contribution in [2.75, 3.05) is 23.8 Å². The Bertz CT molecular complexity index is 1090. The molecule has 0 aromatic carbocycles. The molecule has 2 fully saturated rings. The zero-order chi connectivity index (χ0) is 21.5. The molecule has 4 atom stereocenters. The second kappa shape index (κ2) is 8.27. The molecular formula is C21H26N6O3S. The van der Waals surface area contributed by atoms with Crippen molar-refractivity contribution in [3.05, 3.63) is 24.2 Å².